The summed E-state index contributed by atoms with van der Waals surface area (Å²) in [5, 5.41) is 0. The first-order chi connectivity index (χ1) is 9.62. The molecule has 0 radical (unpaired) electrons. The lowest BCUT2D eigenvalue weighted by Gasteiger charge is -2.11. The highest BCUT2D eigenvalue weighted by atomic mass is 35.5. The van der Waals surface area contributed by atoms with Crippen LogP contribution in [0.3, 0.4) is 0 Å². The van der Waals surface area contributed by atoms with E-state index in [9.17, 15) is 8.42 Å². The van der Waals surface area contributed by atoms with E-state index in [1.807, 2.05) is 0 Å². The van der Waals surface area contributed by atoms with Crippen LogP contribution in [-0.4, -0.2) is 33.6 Å². The molecule has 1 fully saturated rings. The smallest absolute Gasteiger partial charge is 0.240 e. The number of halogens is 1. The van der Waals surface area contributed by atoms with E-state index in [1.165, 1.54) is 0 Å². The minimum absolute atomic E-state index is 0.198. The van der Waals surface area contributed by atoms with Gasteiger partial charge in [0.15, 0.2) is 0 Å². The standard InChI is InChI=1S/C14H20ClNO3S/c15-9-7-12-3-5-14(6-4-12)20(17,18)16-10-8-13-2-1-11-19-13/h3-6,13,16H,1-2,7-11H2. The quantitative estimate of drug-likeness (QED) is 0.785. The number of aryl methyl sites for hydroxylation is 1. The Morgan fingerprint density at radius 1 is 1.30 bits per heavy atom. The number of hydrogen-bond acceptors (Lipinski definition) is 3. The summed E-state index contributed by atoms with van der Waals surface area (Å²) in [5.41, 5.74) is 1.04. The molecule has 0 aliphatic carbocycles. The lowest BCUT2D eigenvalue weighted by molar-refractivity contribution is 0.105. The molecule has 0 aromatic heterocycles. The molecule has 1 heterocycles. The molecule has 0 spiro atoms. The maximum atomic E-state index is 12.1. The van der Waals surface area contributed by atoms with Crippen LogP contribution in [0.15, 0.2) is 29.2 Å². The zero-order valence-electron chi connectivity index (χ0n) is 11.3. The Bertz CT molecular complexity index is 510. The van der Waals surface area contributed by atoms with E-state index in [-0.39, 0.29) is 6.10 Å². The fraction of sp³-hybridized carbons (Fsp3) is 0.571. The molecule has 1 unspecified atom stereocenters. The Hall–Kier alpha value is -0.620. The Kier molecular flexibility index (Phi) is 5.84. The summed E-state index contributed by atoms with van der Waals surface area (Å²) in [7, 11) is -3.42. The summed E-state index contributed by atoms with van der Waals surface area (Å²) >= 11 is 5.65. The van der Waals surface area contributed by atoms with Crippen molar-refractivity contribution in [3.05, 3.63) is 29.8 Å². The fourth-order valence-corrected chi connectivity index (χ4v) is 3.52. The number of rotatable bonds is 7. The number of benzene rings is 1. The van der Waals surface area contributed by atoms with E-state index in [0.29, 0.717) is 17.3 Å². The largest absolute Gasteiger partial charge is 0.378 e. The first-order valence-corrected chi connectivity index (χ1v) is 8.90. The van der Waals surface area contributed by atoms with Crippen molar-refractivity contribution in [2.75, 3.05) is 19.0 Å². The van der Waals surface area contributed by atoms with Gasteiger partial charge >= 0.3 is 0 Å². The number of hydrogen-bond donors (Lipinski definition) is 1. The van der Waals surface area contributed by atoms with Gasteiger partial charge in [-0.25, -0.2) is 13.1 Å². The number of sulfonamides is 1. The molecule has 2 rings (SSSR count). The Balaban J connectivity index is 1.88. The Morgan fingerprint density at radius 3 is 2.65 bits per heavy atom. The van der Waals surface area contributed by atoms with Crippen LogP contribution in [-0.2, 0) is 21.2 Å². The summed E-state index contributed by atoms with van der Waals surface area (Å²) in [6, 6.07) is 6.85. The third kappa shape index (κ3) is 4.45. The molecular weight excluding hydrogens is 298 g/mol. The summed E-state index contributed by atoms with van der Waals surface area (Å²) in [5.74, 6) is 0.533. The summed E-state index contributed by atoms with van der Waals surface area (Å²) in [6.07, 6.45) is 3.76. The number of alkyl halides is 1. The molecule has 1 atom stereocenters. The maximum Gasteiger partial charge on any atom is 0.240 e. The van der Waals surface area contributed by atoms with Crippen molar-refractivity contribution in [3.8, 4) is 0 Å². The second kappa shape index (κ2) is 7.41. The second-order valence-electron chi connectivity index (χ2n) is 4.90. The summed E-state index contributed by atoms with van der Waals surface area (Å²) in [4.78, 5) is 0.295. The lowest BCUT2D eigenvalue weighted by atomic mass is 10.2. The highest BCUT2D eigenvalue weighted by Gasteiger charge is 2.18. The Morgan fingerprint density at radius 2 is 2.05 bits per heavy atom. The van der Waals surface area contributed by atoms with Gasteiger partial charge in [0.05, 0.1) is 11.0 Å². The molecule has 1 aromatic carbocycles. The number of ether oxygens (including phenoxy) is 1. The van der Waals surface area contributed by atoms with Crippen LogP contribution in [0.25, 0.3) is 0 Å². The van der Waals surface area contributed by atoms with Gasteiger partial charge in [-0.05, 0) is 43.4 Å². The highest BCUT2D eigenvalue weighted by Crippen LogP contribution is 2.15. The van der Waals surface area contributed by atoms with Gasteiger partial charge in [-0.15, -0.1) is 11.6 Å². The zero-order chi connectivity index (χ0) is 14.4. The first kappa shape index (κ1) is 15.8. The van der Waals surface area contributed by atoms with Crippen molar-refractivity contribution in [1.82, 2.24) is 4.72 Å². The van der Waals surface area contributed by atoms with E-state index in [4.69, 9.17) is 16.3 Å². The van der Waals surface area contributed by atoms with E-state index in [2.05, 4.69) is 4.72 Å². The number of nitrogens with one attached hydrogen (secondary N) is 1. The third-order valence-electron chi connectivity index (χ3n) is 3.40. The molecule has 6 heteroatoms. The van der Waals surface area contributed by atoms with Crippen molar-refractivity contribution in [3.63, 3.8) is 0 Å². The van der Waals surface area contributed by atoms with E-state index in [1.54, 1.807) is 24.3 Å². The molecule has 4 nitrogen and oxygen atoms in total. The fourth-order valence-electron chi connectivity index (χ4n) is 2.25. The maximum absolute atomic E-state index is 12.1. The monoisotopic (exact) mass is 317 g/mol. The van der Waals surface area contributed by atoms with Crippen molar-refractivity contribution in [1.29, 1.82) is 0 Å². The molecule has 1 aliphatic heterocycles. The molecule has 0 bridgehead atoms. The molecule has 20 heavy (non-hydrogen) atoms. The van der Waals surface area contributed by atoms with Gasteiger partial charge < -0.3 is 4.74 Å². The Labute approximate surface area is 125 Å². The third-order valence-corrected chi connectivity index (χ3v) is 5.07. The van der Waals surface area contributed by atoms with Gasteiger partial charge in [-0.1, -0.05) is 12.1 Å². The first-order valence-electron chi connectivity index (χ1n) is 6.88. The van der Waals surface area contributed by atoms with Gasteiger partial charge in [0.25, 0.3) is 0 Å². The van der Waals surface area contributed by atoms with E-state index in [0.717, 1.165) is 37.9 Å². The van der Waals surface area contributed by atoms with Crippen LogP contribution in [0.4, 0.5) is 0 Å². The minimum atomic E-state index is -3.42. The SMILES string of the molecule is O=S(=O)(NCCC1CCCO1)c1ccc(CCCl)cc1. The van der Waals surface area contributed by atoms with Crippen molar-refractivity contribution >= 4 is 21.6 Å². The zero-order valence-corrected chi connectivity index (χ0v) is 12.9. The van der Waals surface area contributed by atoms with Gasteiger partial charge in [-0.3, -0.25) is 0 Å². The highest BCUT2D eigenvalue weighted by molar-refractivity contribution is 7.89. The molecule has 1 aliphatic rings. The van der Waals surface area contributed by atoms with Gasteiger partial charge in [0.2, 0.25) is 10.0 Å². The van der Waals surface area contributed by atoms with Crippen LogP contribution in [0.1, 0.15) is 24.8 Å². The van der Waals surface area contributed by atoms with E-state index >= 15 is 0 Å². The van der Waals surface area contributed by atoms with Crippen LogP contribution < -0.4 is 4.72 Å². The minimum Gasteiger partial charge on any atom is -0.378 e. The molecule has 1 saturated heterocycles. The summed E-state index contributed by atoms with van der Waals surface area (Å²) in [6.45, 7) is 1.20. The molecule has 0 amide bonds. The lowest BCUT2D eigenvalue weighted by Crippen LogP contribution is -2.27. The van der Waals surface area contributed by atoms with Crippen molar-refractivity contribution in [2.24, 2.45) is 0 Å². The van der Waals surface area contributed by atoms with Crippen LogP contribution in [0.2, 0.25) is 0 Å². The van der Waals surface area contributed by atoms with Crippen LogP contribution in [0.5, 0.6) is 0 Å². The van der Waals surface area contributed by atoms with Crippen molar-refractivity contribution < 1.29 is 13.2 Å². The molecule has 1 aromatic rings. The topological polar surface area (TPSA) is 55.4 Å². The summed E-state index contributed by atoms with van der Waals surface area (Å²) < 4.78 is 32.3. The average molecular weight is 318 g/mol. The molecule has 0 saturated carbocycles. The predicted molar refractivity (Wildman–Crippen MR) is 79.6 cm³/mol. The van der Waals surface area contributed by atoms with E-state index < -0.39 is 10.0 Å². The van der Waals surface area contributed by atoms with Crippen LogP contribution >= 0.6 is 11.6 Å². The average Bonchev–Trinajstić information content (AvgIpc) is 2.93. The van der Waals surface area contributed by atoms with Gasteiger partial charge in [0.1, 0.15) is 0 Å². The van der Waals surface area contributed by atoms with Crippen molar-refractivity contribution in [2.45, 2.75) is 36.7 Å². The van der Waals surface area contributed by atoms with Gasteiger partial charge in [0, 0.05) is 19.0 Å². The molecular formula is C14H20ClNO3S. The van der Waals surface area contributed by atoms with Gasteiger partial charge in [-0.2, -0.15) is 0 Å². The van der Waals surface area contributed by atoms with Crippen LogP contribution in [0, 0.1) is 0 Å². The molecule has 1 N–H and O–H groups in total. The normalized spacial score (nSPS) is 19.4. The predicted octanol–water partition coefficient (Wildman–Crippen LogP) is 2.32. The molecule has 112 valence electrons. The second-order valence-corrected chi connectivity index (χ2v) is 7.05.